The summed E-state index contributed by atoms with van der Waals surface area (Å²) in [5.74, 6) is 0. The lowest BCUT2D eigenvalue weighted by atomic mass is 9.95. The minimum atomic E-state index is 1.25. The van der Waals surface area contributed by atoms with Gasteiger partial charge in [-0.15, -0.1) is 0 Å². The lowest BCUT2D eigenvalue weighted by Gasteiger charge is -2.12. The first kappa shape index (κ1) is 15.9. The van der Waals surface area contributed by atoms with Gasteiger partial charge in [0.1, 0.15) is 0 Å². The Morgan fingerprint density at radius 1 is 0.367 bits per heavy atom. The first-order valence-electron chi connectivity index (χ1n) is 10.4. The van der Waals surface area contributed by atoms with Crippen LogP contribution in [0.5, 0.6) is 0 Å². The molecular weight excluding hydrogens is 362 g/mol. The quantitative estimate of drug-likeness (QED) is 0.162. The summed E-state index contributed by atoms with van der Waals surface area (Å²) in [6, 6.07) is 39.7. The summed E-state index contributed by atoms with van der Waals surface area (Å²) in [4.78, 5) is 0. The van der Waals surface area contributed by atoms with Gasteiger partial charge in [-0.05, 0) is 35.4 Å². The zero-order valence-electron chi connectivity index (χ0n) is 16.3. The van der Waals surface area contributed by atoms with Crippen LogP contribution in [0.15, 0.2) is 109 Å². The molecule has 3 heterocycles. The smallest absolute Gasteiger partial charge is 0.152 e. The van der Waals surface area contributed by atoms with Gasteiger partial charge in [0.2, 0.25) is 16.6 Å². The van der Waals surface area contributed by atoms with Crippen LogP contribution in [0.3, 0.4) is 0 Å². The summed E-state index contributed by atoms with van der Waals surface area (Å²) < 4.78 is 2.47. The van der Waals surface area contributed by atoms with Crippen molar-refractivity contribution >= 4 is 48.9 Å². The summed E-state index contributed by atoms with van der Waals surface area (Å²) in [6.07, 6.45) is 0. The molecule has 0 fully saturated rings. The van der Waals surface area contributed by atoms with Crippen molar-refractivity contribution in [3.63, 3.8) is 0 Å². The molecule has 0 spiro atoms. The van der Waals surface area contributed by atoms with Gasteiger partial charge in [-0.3, -0.25) is 0 Å². The number of aromatic nitrogens is 1. The molecule has 0 atom stereocenters. The zero-order valence-corrected chi connectivity index (χ0v) is 16.3. The summed E-state index contributed by atoms with van der Waals surface area (Å²) in [5.41, 5.74) is 6.33. The van der Waals surface area contributed by atoms with E-state index in [1.54, 1.807) is 0 Å². The van der Waals surface area contributed by atoms with Crippen molar-refractivity contribution in [3.05, 3.63) is 109 Å². The highest BCUT2D eigenvalue weighted by molar-refractivity contribution is 6.20. The van der Waals surface area contributed by atoms with Crippen LogP contribution >= 0.6 is 0 Å². The van der Waals surface area contributed by atoms with Gasteiger partial charge >= 0.3 is 0 Å². The maximum Gasteiger partial charge on any atom is 0.227 e. The highest BCUT2D eigenvalue weighted by Gasteiger charge is 2.24. The molecule has 7 aromatic rings. The van der Waals surface area contributed by atoms with E-state index in [4.69, 9.17) is 0 Å². The van der Waals surface area contributed by atoms with E-state index >= 15 is 0 Å². The molecule has 0 aliphatic heterocycles. The molecule has 0 bridgehead atoms. The van der Waals surface area contributed by atoms with Gasteiger partial charge in [-0.25, -0.2) is 0 Å². The summed E-state index contributed by atoms with van der Waals surface area (Å²) in [5, 5.41) is 7.82. The number of para-hydroxylation sites is 1. The number of fused-ring (bicyclic) bond motifs is 6. The van der Waals surface area contributed by atoms with Gasteiger partial charge in [0.05, 0.1) is 21.5 Å². The Balaban J connectivity index is 1.86. The monoisotopic (exact) mass is 380 g/mol. The molecule has 0 radical (unpaired) electrons. The standard InChI is InChI=1S/C29H18N/c1-2-9-19(10-3-1)20-17-27-23-13-6-4-11-21(23)25-15-8-16-26-22-12-5-7-14-24(22)28(18-20)30(27)29(25)26/h1-18H/q+1. The SMILES string of the molecule is c1ccc(-c2cc3c4ccccc4c4cccc5c6ccccc6c(c2)[n+]3c45)cc1. The lowest BCUT2D eigenvalue weighted by molar-refractivity contribution is -0.448. The summed E-state index contributed by atoms with van der Waals surface area (Å²) in [6.45, 7) is 0. The predicted octanol–water partition coefficient (Wildman–Crippen LogP) is 7.14. The molecule has 0 N–H and O–H groups in total. The maximum atomic E-state index is 2.47. The highest BCUT2D eigenvalue weighted by atomic mass is 14.9. The molecule has 0 saturated carbocycles. The number of hydrogen-bond donors (Lipinski definition) is 0. The Morgan fingerprint density at radius 3 is 1.40 bits per heavy atom. The van der Waals surface area contributed by atoms with Gasteiger partial charge < -0.3 is 0 Å². The van der Waals surface area contributed by atoms with Crippen molar-refractivity contribution in [2.45, 2.75) is 0 Å². The van der Waals surface area contributed by atoms with E-state index in [-0.39, 0.29) is 0 Å². The molecule has 3 aromatic heterocycles. The number of benzene rings is 4. The van der Waals surface area contributed by atoms with Crippen molar-refractivity contribution in [2.24, 2.45) is 0 Å². The van der Waals surface area contributed by atoms with Gasteiger partial charge in [-0.1, -0.05) is 72.8 Å². The van der Waals surface area contributed by atoms with E-state index in [1.165, 1.54) is 60.0 Å². The van der Waals surface area contributed by atoms with Crippen LogP contribution < -0.4 is 4.40 Å². The molecule has 4 aromatic carbocycles. The minimum Gasteiger partial charge on any atom is -0.152 e. The second-order valence-corrected chi connectivity index (χ2v) is 8.01. The zero-order chi connectivity index (χ0) is 19.7. The van der Waals surface area contributed by atoms with E-state index in [0.29, 0.717) is 0 Å². The molecule has 138 valence electrons. The second-order valence-electron chi connectivity index (χ2n) is 8.01. The largest absolute Gasteiger partial charge is 0.227 e. The molecule has 0 amide bonds. The van der Waals surface area contributed by atoms with Gasteiger partial charge in [0.15, 0.2) is 0 Å². The predicted molar refractivity (Wildman–Crippen MR) is 126 cm³/mol. The van der Waals surface area contributed by atoms with Crippen LogP contribution in [0.25, 0.3) is 60.0 Å². The minimum absolute atomic E-state index is 1.25. The van der Waals surface area contributed by atoms with Crippen molar-refractivity contribution in [2.75, 3.05) is 0 Å². The molecule has 1 heteroatoms. The Labute approximate surface area is 173 Å². The fourth-order valence-electron chi connectivity index (χ4n) is 5.13. The molecule has 30 heavy (non-hydrogen) atoms. The number of pyridine rings is 3. The highest BCUT2D eigenvalue weighted by Crippen LogP contribution is 2.36. The summed E-state index contributed by atoms with van der Waals surface area (Å²) in [7, 11) is 0. The molecule has 0 aliphatic carbocycles. The Morgan fingerprint density at radius 2 is 0.833 bits per heavy atom. The second kappa shape index (κ2) is 5.77. The lowest BCUT2D eigenvalue weighted by Crippen LogP contribution is -2.26. The maximum absolute atomic E-state index is 2.47. The van der Waals surface area contributed by atoms with Crippen molar-refractivity contribution in [1.82, 2.24) is 0 Å². The average Bonchev–Trinajstić information content (AvgIpc) is 2.84. The molecule has 1 nitrogen and oxygen atoms in total. The van der Waals surface area contributed by atoms with Crippen LogP contribution in [0, 0.1) is 0 Å². The van der Waals surface area contributed by atoms with E-state index < -0.39 is 0 Å². The Hall–Kier alpha value is -3.97. The topological polar surface area (TPSA) is 4.10 Å². The third-order valence-electron chi connectivity index (χ3n) is 6.42. The van der Waals surface area contributed by atoms with Crippen LogP contribution in [0.1, 0.15) is 0 Å². The first-order valence-corrected chi connectivity index (χ1v) is 10.4. The van der Waals surface area contributed by atoms with E-state index in [9.17, 15) is 0 Å². The average molecular weight is 380 g/mol. The van der Waals surface area contributed by atoms with Crippen molar-refractivity contribution in [3.8, 4) is 11.1 Å². The molecule has 7 rings (SSSR count). The van der Waals surface area contributed by atoms with Gasteiger partial charge in [0, 0.05) is 22.9 Å². The molecule has 0 unspecified atom stereocenters. The van der Waals surface area contributed by atoms with Crippen LogP contribution in [0.2, 0.25) is 0 Å². The number of hydrogen-bond acceptors (Lipinski definition) is 0. The van der Waals surface area contributed by atoms with E-state index in [0.717, 1.165) is 0 Å². The Kier molecular flexibility index (Phi) is 3.06. The normalized spacial score (nSPS) is 12.0. The van der Waals surface area contributed by atoms with Gasteiger partial charge in [-0.2, -0.15) is 4.40 Å². The summed E-state index contributed by atoms with van der Waals surface area (Å²) >= 11 is 0. The third-order valence-corrected chi connectivity index (χ3v) is 6.42. The van der Waals surface area contributed by atoms with Crippen LogP contribution in [-0.2, 0) is 0 Å². The number of rotatable bonds is 1. The fraction of sp³-hybridized carbons (Fsp3) is 0. The van der Waals surface area contributed by atoms with E-state index in [2.05, 4.69) is 114 Å². The number of nitrogens with zero attached hydrogens (tertiary/aromatic N) is 1. The molecule has 0 aliphatic rings. The van der Waals surface area contributed by atoms with Crippen LogP contribution in [-0.4, -0.2) is 0 Å². The third kappa shape index (κ3) is 1.99. The van der Waals surface area contributed by atoms with Crippen molar-refractivity contribution in [1.29, 1.82) is 0 Å². The van der Waals surface area contributed by atoms with E-state index in [1.807, 2.05) is 0 Å². The van der Waals surface area contributed by atoms with Crippen molar-refractivity contribution < 1.29 is 4.40 Å². The Bertz CT molecular complexity index is 1630. The fourth-order valence-corrected chi connectivity index (χ4v) is 5.13. The first-order chi connectivity index (χ1) is 14.9. The molecular formula is C29H18N+. The van der Waals surface area contributed by atoms with Crippen LogP contribution in [0.4, 0.5) is 0 Å². The van der Waals surface area contributed by atoms with Gasteiger partial charge in [0.25, 0.3) is 0 Å². The molecule has 0 saturated heterocycles.